The van der Waals surface area contributed by atoms with Crippen LogP contribution in [-0.2, 0) is 14.3 Å². The maximum atomic E-state index is 13.7. The molecule has 0 unspecified atom stereocenters. The molecule has 0 fully saturated rings. The fraction of sp³-hybridized carbons (Fsp3) is 0.233. The summed E-state index contributed by atoms with van der Waals surface area (Å²) in [5.41, 5.74) is 0.523. The van der Waals surface area contributed by atoms with E-state index < -0.39 is 48.3 Å². The van der Waals surface area contributed by atoms with Crippen molar-refractivity contribution in [2.24, 2.45) is 0 Å². The van der Waals surface area contributed by atoms with Gasteiger partial charge >= 0.3 is 5.97 Å². The quantitative estimate of drug-likeness (QED) is 0.341. The van der Waals surface area contributed by atoms with Gasteiger partial charge in [-0.15, -0.1) is 0 Å². The molecule has 3 aromatic rings. The van der Waals surface area contributed by atoms with E-state index in [1.165, 1.54) is 23.1 Å². The van der Waals surface area contributed by atoms with Crippen molar-refractivity contribution < 1.29 is 28.7 Å². The molecule has 0 radical (unpaired) electrons. The number of benzene rings is 3. The summed E-state index contributed by atoms with van der Waals surface area (Å²) in [4.78, 5) is 69.3. The average Bonchev–Trinajstić information content (AvgIpc) is 3.15. The number of ether oxygens (including phenoxy) is 1. The highest BCUT2D eigenvalue weighted by molar-refractivity contribution is 6.23. The molecule has 1 aliphatic heterocycles. The second kappa shape index (κ2) is 10.9. The monoisotopic (exact) mass is 527 g/mol. The Labute approximate surface area is 226 Å². The number of imide groups is 1. The van der Waals surface area contributed by atoms with Crippen molar-refractivity contribution >= 4 is 41.0 Å². The number of fused-ring (bicyclic) bond motifs is 1. The molecule has 0 atom stereocenters. The summed E-state index contributed by atoms with van der Waals surface area (Å²) >= 11 is 0. The van der Waals surface area contributed by atoms with Crippen molar-refractivity contribution in [1.82, 2.24) is 4.90 Å². The van der Waals surface area contributed by atoms with E-state index in [0.29, 0.717) is 5.69 Å². The summed E-state index contributed by atoms with van der Waals surface area (Å²) in [7, 11) is 1.60. The molecule has 39 heavy (non-hydrogen) atoms. The summed E-state index contributed by atoms with van der Waals surface area (Å²) in [6.07, 6.45) is 0. The first-order chi connectivity index (χ1) is 18.5. The van der Waals surface area contributed by atoms with E-state index in [2.05, 4.69) is 0 Å². The van der Waals surface area contributed by atoms with Gasteiger partial charge in [0.05, 0.1) is 22.4 Å². The maximum Gasteiger partial charge on any atom is 0.326 e. The smallest absolute Gasteiger partial charge is 0.326 e. The molecule has 4 amide bonds. The molecule has 0 aromatic heterocycles. The van der Waals surface area contributed by atoms with Crippen molar-refractivity contribution in [3.63, 3.8) is 0 Å². The predicted octanol–water partition coefficient (Wildman–Crippen LogP) is 3.93. The lowest BCUT2D eigenvalue weighted by molar-refractivity contribution is -0.153. The van der Waals surface area contributed by atoms with Crippen LogP contribution in [0.1, 0.15) is 51.8 Å². The standard InChI is InChI=1S/C30H29N3O6/c1-30(2,3)39-26(35)19-32(25(34)18-33-28(37)21-14-8-9-15-22(21)29(33)38)24-17-11-10-16-23(24)27(36)31(4)20-12-6-5-7-13-20/h5-17H,18-19H2,1-4H3. The lowest BCUT2D eigenvalue weighted by Crippen LogP contribution is -2.46. The minimum Gasteiger partial charge on any atom is -0.459 e. The Bertz CT molecular complexity index is 1410. The molecular weight excluding hydrogens is 498 g/mol. The summed E-state index contributed by atoms with van der Waals surface area (Å²) in [5.74, 6) is -3.06. The van der Waals surface area contributed by atoms with Gasteiger partial charge in [-0.25, -0.2) is 0 Å². The highest BCUT2D eigenvalue weighted by atomic mass is 16.6. The van der Waals surface area contributed by atoms with Crippen LogP contribution >= 0.6 is 0 Å². The van der Waals surface area contributed by atoms with E-state index in [0.717, 1.165) is 9.80 Å². The first-order valence-corrected chi connectivity index (χ1v) is 12.4. The minimum atomic E-state index is -0.822. The second-order valence-electron chi connectivity index (χ2n) is 10.0. The van der Waals surface area contributed by atoms with Gasteiger partial charge in [-0.1, -0.05) is 42.5 Å². The van der Waals surface area contributed by atoms with Crippen LogP contribution in [0.3, 0.4) is 0 Å². The van der Waals surface area contributed by atoms with Crippen LogP contribution in [0.25, 0.3) is 0 Å². The number of hydrogen-bond donors (Lipinski definition) is 0. The van der Waals surface area contributed by atoms with E-state index >= 15 is 0 Å². The Morgan fingerprint density at radius 2 is 1.33 bits per heavy atom. The fourth-order valence-electron chi connectivity index (χ4n) is 4.25. The molecule has 0 saturated heterocycles. The Hall–Kier alpha value is -4.79. The van der Waals surface area contributed by atoms with Crippen LogP contribution in [-0.4, -0.2) is 60.2 Å². The zero-order valence-electron chi connectivity index (χ0n) is 22.2. The fourth-order valence-corrected chi connectivity index (χ4v) is 4.25. The van der Waals surface area contributed by atoms with Crippen LogP contribution in [0.2, 0.25) is 0 Å². The number of nitrogens with zero attached hydrogens (tertiary/aromatic N) is 3. The Balaban J connectivity index is 1.69. The molecule has 3 aromatic carbocycles. The molecule has 0 bridgehead atoms. The zero-order chi connectivity index (χ0) is 28.3. The number of amides is 4. The van der Waals surface area contributed by atoms with Gasteiger partial charge in [0, 0.05) is 12.7 Å². The van der Waals surface area contributed by atoms with Crippen molar-refractivity contribution in [1.29, 1.82) is 0 Å². The number of rotatable bonds is 7. The molecule has 0 N–H and O–H groups in total. The number of esters is 1. The number of carbonyl (C=O) groups is 5. The lowest BCUT2D eigenvalue weighted by Gasteiger charge is -2.28. The number of para-hydroxylation sites is 2. The topological polar surface area (TPSA) is 104 Å². The Morgan fingerprint density at radius 3 is 1.92 bits per heavy atom. The molecule has 9 nitrogen and oxygen atoms in total. The molecule has 1 aliphatic rings. The van der Waals surface area contributed by atoms with Gasteiger partial charge in [0.25, 0.3) is 17.7 Å². The van der Waals surface area contributed by atoms with Gasteiger partial charge in [0.1, 0.15) is 18.7 Å². The average molecular weight is 528 g/mol. The zero-order valence-corrected chi connectivity index (χ0v) is 22.2. The van der Waals surface area contributed by atoms with Gasteiger partial charge < -0.3 is 9.64 Å². The SMILES string of the molecule is CN(C(=O)c1ccccc1N(CC(=O)OC(C)(C)C)C(=O)CN1C(=O)c2ccccc2C1=O)c1ccccc1. The molecule has 0 spiro atoms. The number of hydrogen-bond acceptors (Lipinski definition) is 6. The summed E-state index contributed by atoms with van der Waals surface area (Å²) in [6.45, 7) is 3.94. The first kappa shape index (κ1) is 27.3. The largest absolute Gasteiger partial charge is 0.459 e. The summed E-state index contributed by atoms with van der Waals surface area (Å²) in [6, 6.07) is 21.6. The van der Waals surface area contributed by atoms with Crippen LogP contribution in [0.15, 0.2) is 78.9 Å². The third-order valence-corrected chi connectivity index (χ3v) is 6.05. The Kier molecular flexibility index (Phi) is 7.62. The van der Waals surface area contributed by atoms with Crippen LogP contribution < -0.4 is 9.80 Å². The van der Waals surface area contributed by atoms with Gasteiger partial charge in [-0.05, 0) is 57.2 Å². The van der Waals surface area contributed by atoms with Crippen LogP contribution in [0, 0.1) is 0 Å². The third kappa shape index (κ3) is 5.87. The van der Waals surface area contributed by atoms with E-state index in [4.69, 9.17) is 4.74 Å². The van der Waals surface area contributed by atoms with Crippen molar-refractivity contribution in [3.05, 3.63) is 95.6 Å². The molecule has 200 valence electrons. The van der Waals surface area contributed by atoms with E-state index in [-0.39, 0.29) is 22.4 Å². The van der Waals surface area contributed by atoms with Gasteiger partial charge in [-0.2, -0.15) is 0 Å². The minimum absolute atomic E-state index is 0.151. The number of carbonyl (C=O) groups excluding carboxylic acids is 5. The molecule has 4 rings (SSSR count). The van der Waals surface area contributed by atoms with Gasteiger partial charge in [0.2, 0.25) is 5.91 Å². The molecule has 1 heterocycles. The van der Waals surface area contributed by atoms with E-state index in [1.807, 2.05) is 6.07 Å². The van der Waals surface area contributed by atoms with Crippen molar-refractivity contribution in [3.8, 4) is 0 Å². The van der Waals surface area contributed by atoms with Gasteiger partial charge in [-0.3, -0.25) is 33.8 Å². The van der Waals surface area contributed by atoms with Gasteiger partial charge in [0.15, 0.2) is 0 Å². The van der Waals surface area contributed by atoms with Crippen LogP contribution in [0.5, 0.6) is 0 Å². The Morgan fingerprint density at radius 1 is 0.795 bits per heavy atom. The predicted molar refractivity (Wildman–Crippen MR) is 146 cm³/mol. The molecular formula is C30H29N3O6. The van der Waals surface area contributed by atoms with Crippen LogP contribution in [0.4, 0.5) is 11.4 Å². The normalized spacial score (nSPS) is 12.7. The third-order valence-electron chi connectivity index (χ3n) is 6.05. The highest BCUT2D eigenvalue weighted by Crippen LogP contribution is 2.27. The van der Waals surface area contributed by atoms with Crippen molar-refractivity contribution in [2.45, 2.75) is 26.4 Å². The van der Waals surface area contributed by atoms with Crippen molar-refractivity contribution in [2.75, 3.05) is 29.9 Å². The first-order valence-electron chi connectivity index (χ1n) is 12.4. The van der Waals surface area contributed by atoms with E-state index in [9.17, 15) is 24.0 Å². The molecule has 0 saturated carbocycles. The molecule has 9 heteroatoms. The second-order valence-corrected chi connectivity index (χ2v) is 10.0. The lowest BCUT2D eigenvalue weighted by atomic mass is 10.1. The summed E-state index contributed by atoms with van der Waals surface area (Å²) < 4.78 is 5.44. The number of anilines is 2. The van der Waals surface area contributed by atoms with E-state index in [1.54, 1.807) is 82.4 Å². The molecule has 0 aliphatic carbocycles. The maximum absolute atomic E-state index is 13.7. The highest BCUT2D eigenvalue weighted by Gasteiger charge is 2.38. The summed E-state index contributed by atoms with van der Waals surface area (Å²) in [5, 5.41) is 0.